The topological polar surface area (TPSA) is 98.2 Å². The largest absolute Gasteiger partial charge is 0.321 e. The molecule has 0 radical (unpaired) electrons. The Morgan fingerprint density at radius 1 is 1.19 bits per heavy atom. The molecule has 2 atom stereocenters. The van der Waals surface area contributed by atoms with E-state index >= 15 is 0 Å². The van der Waals surface area contributed by atoms with E-state index in [0.717, 1.165) is 12.8 Å². The lowest BCUT2D eigenvalue weighted by molar-refractivity contribution is -0.135. The van der Waals surface area contributed by atoms with Crippen molar-refractivity contribution in [2.45, 2.75) is 45.6 Å². The SMILES string of the molecule is CCCC(C(=O)NN)C(=O)[C@H](N)CCC.Cl. The van der Waals surface area contributed by atoms with Crippen LogP contribution in [0.4, 0.5) is 0 Å². The molecule has 0 bridgehead atoms. The van der Waals surface area contributed by atoms with Crippen LogP contribution in [0.2, 0.25) is 0 Å². The van der Waals surface area contributed by atoms with Gasteiger partial charge in [-0.05, 0) is 12.8 Å². The highest BCUT2D eigenvalue weighted by molar-refractivity contribution is 6.03. The Morgan fingerprint density at radius 3 is 2.06 bits per heavy atom. The third kappa shape index (κ3) is 5.44. The van der Waals surface area contributed by atoms with Gasteiger partial charge in [-0.3, -0.25) is 15.0 Å². The molecule has 16 heavy (non-hydrogen) atoms. The minimum atomic E-state index is -0.693. The van der Waals surface area contributed by atoms with Gasteiger partial charge in [-0.1, -0.05) is 26.7 Å². The van der Waals surface area contributed by atoms with Gasteiger partial charge < -0.3 is 5.73 Å². The van der Waals surface area contributed by atoms with E-state index in [1.807, 2.05) is 19.3 Å². The van der Waals surface area contributed by atoms with Gasteiger partial charge in [0.15, 0.2) is 5.78 Å². The number of carbonyl (C=O) groups excluding carboxylic acids is 2. The molecule has 0 aromatic rings. The highest BCUT2D eigenvalue weighted by Crippen LogP contribution is 2.11. The van der Waals surface area contributed by atoms with Crippen molar-refractivity contribution in [3.8, 4) is 0 Å². The van der Waals surface area contributed by atoms with Crippen molar-refractivity contribution in [1.29, 1.82) is 0 Å². The molecule has 0 aromatic carbocycles. The monoisotopic (exact) mass is 251 g/mol. The first-order chi connectivity index (χ1) is 7.08. The maximum atomic E-state index is 11.8. The lowest BCUT2D eigenvalue weighted by atomic mass is 9.91. The second kappa shape index (κ2) is 9.57. The number of nitrogens with two attached hydrogens (primary N) is 2. The average Bonchev–Trinajstić information content (AvgIpc) is 2.24. The van der Waals surface area contributed by atoms with E-state index in [1.165, 1.54) is 0 Å². The molecule has 1 amide bonds. The predicted molar refractivity (Wildman–Crippen MR) is 65.9 cm³/mol. The summed E-state index contributed by atoms with van der Waals surface area (Å²) < 4.78 is 0. The summed E-state index contributed by atoms with van der Waals surface area (Å²) in [4.78, 5) is 23.1. The van der Waals surface area contributed by atoms with Gasteiger partial charge in [0.2, 0.25) is 5.91 Å². The van der Waals surface area contributed by atoms with Crippen LogP contribution in [0.1, 0.15) is 39.5 Å². The molecular weight excluding hydrogens is 230 g/mol. The molecule has 1 unspecified atom stereocenters. The minimum Gasteiger partial charge on any atom is -0.321 e. The van der Waals surface area contributed by atoms with Gasteiger partial charge in [-0.15, -0.1) is 12.4 Å². The summed E-state index contributed by atoms with van der Waals surface area (Å²) in [6.45, 7) is 3.86. The molecule has 0 saturated carbocycles. The fourth-order valence-corrected chi connectivity index (χ4v) is 1.50. The molecule has 5 N–H and O–H groups in total. The van der Waals surface area contributed by atoms with Crippen molar-refractivity contribution < 1.29 is 9.59 Å². The molecule has 6 heteroatoms. The minimum absolute atomic E-state index is 0. The van der Waals surface area contributed by atoms with E-state index < -0.39 is 17.9 Å². The standard InChI is InChI=1S/C10H21N3O2.ClH/c1-3-5-7(10(15)13-12)9(14)8(11)6-4-2;/h7-8H,3-6,11-12H2,1-2H3,(H,13,15);1H/t7?,8-;/m1./s1. The van der Waals surface area contributed by atoms with Crippen molar-refractivity contribution in [1.82, 2.24) is 5.43 Å². The predicted octanol–water partition coefficient (Wildman–Crippen LogP) is 0.511. The Hall–Kier alpha value is -0.650. The third-order valence-electron chi connectivity index (χ3n) is 2.34. The van der Waals surface area contributed by atoms with E-state index in [-0.39, 0.29) is 18.2 Å². The van der Waals surface area contributed by atoms with Crippen LogP contribution >= 0.6 is 12.4 Å². The summed E-state index contributed by atoms with van der Waals surface area (Å²) in [6.07, 6.45) is 2.69. The van der Waals surface area contributed by atoms with Crippen LogP contribution in [0.3, 0.4) is 0 Å². The Morgan fingerprint density at radius 2 is 1.69 bits per heavy atom. The normalized spacial score (nSPS) is 13.5. The van der Waals surface area contributed by atoms with Gasteiger partial charge in [0, 0.05) is 0 Å². The summed E-state index contributed by atoms with van der Waals surface area (Å²) in [5, 5.41) is 0. The van der Waals surface area contributed by atoms with E-state index in [4.69, 9.17) is 11.6 Å². The third-order valence-corrected chi connectivity index (χ3v) is 2.34. The molecule has 0 fully saturated rings. The van der Waals surface area contributed by atoms with E-state index in [1.54, 1.807) is 0 Å². The first-order valence-electron chi connectivity index (χ1n) is 5.38. The Balaban J connectivity index is 0. The maximum Gasteiger partial charge on any atom is 0.244 e. The van der Waals surface area contributed by atoms with Crippen molar-refractivity contribution in [2.75, 3.05) is 0 Å². The molecular formula is C10H22ClN3O2. The van der Waals surface area contributed by atoms with Gasteiger partial charge in [0.05, 0.1) is 12.0 Å². The van der Waals surface area contributed by atoms with Gasteiger partial charge in [-0.2, -0.15) is 0 Å². The van der Waals surface area contributed by atoms with Crippen molar-refractivity contribution in [3.05, 3.63) is 0 Å². The Kier molecular flexibility index (Phi) is 10.6. The van der Waals surface area contributed by atoms with Crippen LogP contribution in [0.5, 0.6) is 0 Å². The highest BCUT2D eigenvalue weighted by Gasteiger charge is 2.28. The van der Waals surface area contributed by atoms with Crippen LogP contribution in [0.25, 0.3) is 0 Å². The number of hydrogen-bond donors (Lipinski definition) is 3. The molecule has 0 heterocycles. The van der Waals surface area contributed by atoms with Gasteiger partial charge in [0.25, 0.3) is 0 Å². The molecule has 0 aliphatic carbocycles. The van der Waals surface area contributed by atoms with E-state index in [9.17, 15) is 9.59 Å². The number of carbonyl (C=O) groups is 2. The summed E-state index contributed by atoms with van der Waals surface area (Å²) in [5.74, 6) is 3.69. The number of Topliss-reactive ketones (excluding diaryl/α,β-unsaturated/α-hetero) is 1. The van der Waals surface area contributed by atoms with Crippen LogP contribution < -0.4 is 17.0 Å². The highest BCUT2D eigenvalue weighted by atomic mass is 35.5. The number of hydrogen-bond acceptors (Lipinski definition) is 4. The summed E-state index contributed by atoms with van der Waals surface area (Å²) in [7, 11) is 0. The molecule has 5 nitrogen and oxygen atoms in total. The number of hydrazine groups is 1. The Bertz CT molecular complexity index is 224. The van der Waals surface area contributed by atoms with Gasteiger partial charge in [-0.25, -0.2) is 5.84 Å². The van der Waals surface area contributed by atoms with E-state index in [0.29, 0.717) is 12.8 Å². The number of halogens is 1. The zero-order chi connectivity index (χ0) is 11.8. The zero-order valence-electron chi connectivity index (χ0n) is 9.86. The quantitative estimate of drug-likeness (QED) is 0.266. The maximum absolute atomic E-state index is 11.8. The van der Waals surface area contributed by atoms with Crippen LogP contribution in [-0.4, -0.2) is 17.7 Å². The summed E-state index contributed by atoms with van der Waals surface area (Å²) >= 11 is 0. The number of nitrogens with one attached hydrogen (secondary N) is 1. The molecule has 0 aliphatic heterocycles. The number of ketones is 1. The zero-order valence-corrected chi connectivity index (χ0v) is 10.7. The number of amides is 1. The molecule has 0 rings (SSSR count). The molecule has 96 valence electrons. The second-order valence-electron chi connectivity index (χ2n) is 3.65. The van der Waals surface area contributed by atoms with E-state index in [2.05, 4.69) is 0 Å². The fourth-order valence-electron chi connectivity index (χ4n) is 1.50. The van der Waals surface area contributed by atoms with Crippen molar-refractivity contribution in [2.24, 2.45) is 17.5 Å². The van der Waals surface area contributed by atoms with Crippen molar-refractivity contribution in [3.63, 3.8) is 0 Å². The van der Waals surface area contributed by atoms with Crippen molar-refractivity contribution >= 4 is 24.1 Å². The van der Waals surface area contributed by atoms with Crippen LogP contribution in [0.15, 0.2) is 0 Å². The molecule has 0 saturated heterocycles. The molecule has 0 aliphatic rings. The summed E-state index contributed by atoms with van der Waals surface area (Å²) in [5.41, 5.74) is 7.69. The lowest BCUT2D eigenvalue weighted by Gasteiger charge is -2.17. The number of rotatable bonds is 7. The lowest BCUT2D eigenvalue weighted by Crippen LogP contribution is -2.45. The second-order valence-corrected chi connectivity index (χ2v) is 3.65. The van der Waals surface area contributed by atoms with Gasteiger partial charge >= 0.3 is 0 Å². The Labute approximate surface area is 103 Å². The molecule has 0 aromatic heterocycles. The fraction of sp³-hybridized carbons (Fsp3) is 0.800. The average molecular weight is 252 g/mol. The summed E-state index contributed by atoms with van der Waals surface area (Å²) in [6, 6.07) is -0.552. The molecule has 0 spiro atoms. The first kappa shape index (κ1) is 17.7. The first-order valence-corrected chi connectivity index (χ1v) is 5.38. The smallest absolute Gasteiger partial charge is 0.244 e. The van der Waals surface area contributed by atoms with Crippen LogP contribution in [0, 0.1) is 5.92 Å². The van der Waals surface area contributed by atoms with Crippen LogP contribution in [-0.2, 0) is 9.59 Å². The van der Waals surface area contributed by atoms with Gasteiger partial charge in [0.1, 0.15) is 0 Å².